The van der Waals surface area contributed by atoms with Crippen molar-refractivity contribution in [2.24, 2.45) is 0 Å². The van der Waals surface area contributed by atoms with E-state index in [-0.39, 0.29) is 0 Å². The zero-order valence-electron chi connectivity index (χ0n) is 11.8. The van der Waals surface area contributed by atoms with E-state index in [1.54, 1.807) is 0 Å². The summed E-state index contributed by atoms with van der Waals surface area (Å²) < 4.78 is 0. The van der Waals surface area contributed by atoms with Gasteiger partial charge in [-0.1, -0.05) is 18.9 Å². The second-order valence-electron chi connectivity index (χ2n) is 5.86. The highest BCUT2D eigenvalue weighted by molar-refractivity contribution is 5.37. The summed E-state index contributed by atoms with van der Waals surface area (Å²) in [7, 11) is 2.05. The topological polar surface area (TPSA) is 47.3 Å². The third-order valence-electron chi connectivity index (χ3n) is 4.01. The molecule has 0 amide bonds. The highest BCUT2D eigenvalue weighted by Gasteiger charge is 2.32. The second-order valence-corrected chi connectivity index (χ2v) is 5.86. The van der Waals surface area contributed by atoms with E-state index in [4.69, 9.17) is 5.26 Å². The summed E-state index contributed by atoms with van der Waals surface area (Å²) >= 11 is 0. The highest BCUT2D eigenvalue weighted by Crippen LogP contribution is 2.30. The summed E-state index contributed by atoms with van der Waals surface area (Å²) in [6.07, 6.45) is 4.12. The lowest BCUT2D eigenvalue weighted by atomic mass is 10.0. The van der Waals surface area contributed by atoms with Gasteiger partial charge in [0.2, 0.25) is 0 Å². The first-order valence-electron chi connectivity index (χ1n) is 6.93. The maximum absolute atomic E-state index is 10.4. The molecule has 0 spiro atoms. The Bertz CT molecular complexity index is 484. The SMILES string of the molecule is Cc1cc(C#N)ccc1CN(C)CC1(O)CCCC1. The lowest BCUT2D eigenvalue weighted by molar-refractivity contribution is 0.0145. The smallest absolute Gasteiger partial charge is 0.0991 e. The van der Waals surface area contributed by atoms with Crippen LogP contribution in [0, 0.1) is 18.3 Å². The Labute approximate surface area is 115 Å². The van der Waals surface area contributed by atoms with Crippen LogP contribution in [-0.4, -0.2) is 29.2 Å². The molecule has 0 saturated heterocycles. The van der Waals surface area contributed by atoms with Crippen LogP contribution in [0.3, 0.4) is 0 Å². The maximum atomic E-state index is 10.4. The summed E-state index contributed by atoms with van der Waals surface area (Å²) in [5, 5.41) is 19.3. The molecule has 1 aliphatic rings. The number of rotatable bonds is 4. The van der Waals surface area contributed by atoms with Crippen molar-refractivity contribution in [1.29, 1.82) is 5.26 Å². The molecule has 0 aromatic heterocycles. The molecule has 3 heteroatoms. The van der Waals surface area contributed by atoms with Crippen molar-refractivity contribution in [3.63, 3.8) is 0 Å². The van der Waals surface area contributed by atoms with Crippen molar-refractivity contribution in [2.45, 2.75) is 44.8 Å². The molecule has 0 atom stereocenters. The van der Waals surface area contributed by atoms with Crippen LogP contribution in [-0.2, 0) is 6.54 Å². The van der Waals surface area contributed by atoms with Crippen molar-refractivity contribution >= 4 is 0 Å². The van der Waals surface area contributed by atoms with E-state index in [2.05, 4.69) is 11.0 Å². The van der Waals surface area contributed by atoms with Gasteiger partial charge in [0.15, 0.2) is 0 Å². The minimum absolute atomic E-state index is 0.491. The Kier molecular flexibility index (Phi) is 4.24. The molecule has 3 nitrogen and oxygen atoms in total. The number of benzene rings is 1. The molecule has 102 valence electrons. The number of nitrogens with zero attached hydrogens (tertiary/aromatic N) is 2. The van der Waals surface area contributed by atoms with Gasteiger partial charge >= 0.3 is 0 Å². The molecule has 0 radical (unpaired) electrons. The number of likely N-dealkylation sites (N-methyl/N-ethyl adjacent to an activating group) is 1. The van der Waals surface area contributed by atoms with Crippen LogP contribution < -0.4 is 0 Å². The Morgan fingerprint density at radius 1 is 1.37 bits per heavy atom. The maximum Gasteiger partial charge on any atom is 0.0991 e. The molecule has 0 aliphatic heterocycles. The third-order valence-corrected chi connectivity index (χ3v) is 4.01. The fourth-order valence-corrected chi connectivity index (χ4v) is 2.98. The lowest BCUT2D eigenvalue weighted by Crippen LogP contribution is -2.38. The zero-order chi connectivity index (χ0) is 13.9. The number of hydrogen-bond donors (Lipinski definition) is 1. The predicted octanol–water partition coefficient (Wildman–Crippen LogP) is 2.60. The van der Waals surface area contributed by atoms with E-state index in [0.29, 0.717) is 5.56 Å². The molecule has 1 saturated carbocycles. The number of aliphatic hydroxyl groups is 1. The summed E-state index contributed by atoms with van der Waals surface area (Å²) in [4.78, 5) is 2.18. The molecule has 0 bridgehead atoms. The van der Waals surface area contributed by atoms with E-state index in [1.807, 2.05) is 32.2 Å². The molecule has 1 aliphatic carbocycles. The fraction of sp³-hybridized carbons (Fsp3) is 0.562. The van der Waals surface area contributed by atoms with Crippen molar-refractivity contribution < 1.29 is 5.11 Å². The minimum atomic E-state index is -0.491. The van der Waals surface area contributed by atoms with Gasteiger partial charge in [-0.05, 0) is 50.1 Å². The van der Waals surface area contributed by atoms with E-state index >= 15 is 0 Å². The average Bonchev–Trinajstić information content (AvgIpc) is 2.78. The Morgan fingerprint density at radius 3 is 2.63 bits per heavy atom. The van der Waals surface area contributed by atoms with E-state index < -0.39 is 5.60 Å². The number of hydrogen-bond acceptors (Lipinski definition) is 3. The Hall–Kier alpha value is -1.37. The Balaban J connectivity index is 1.99. The first-order valence-corrected chi connectivity index (χ1v) is 6.93. The number of nitriles is 1. The van der Waals surface area contributed by atoms with Crippen molar-refractivity contribution in [2.75, 3.05) is 13.6 Å². The van der Waals surface area contributed by atoms with Gasteiger partial charge in [0.1, 0.15) is 0 Å². The van der Waals surface area contributed by atoms with Gasteiger partial charge in [-0.25, -0.2) is 0 Å². The van der Waals surface area contributed by atoms with Crippen LogP contribution in [0.2, 0.25) is 0 Å². The predicted molar refractivity (Wildman–Crippen MR) is 75.6 cm³/mol. The zero-order valence-corrected chi connectivity index (χ0v) is 11.8. The molecule has 1 aromatic rings. The monoisotopic (exact) mass is 258 g/mol. The van der Waals surface area contributed by atoms with Crippen LogP contribution in [0.25, 0.3) is 0 Å². The van der Waals surface area contributed by atoms with Gasteiger partial charge in [-0.3, -0.25) is 4.90 Å². The van der Waals surface area contributed by atoms with Gasteiger partial charge < -0.3 is 5.11 Å². The van der Waals surface area contributed by atoms with Crippen LogP contribution in [0.15, 0.2) is 18.2 Å². The van der Waals surface area contributed by atoms with Crippen molar-refractivity contribution in [3.05, 3.63) is 34.9 Å². The van der Waals surface area contributed by atoms with Crippen molar-refractivity contribution in [1.82, 2.24) is 4.90 Å². The molecule has 0 unspecified atom stereocenters. The molecule has 0 heterocycles. The van der Waals surface area contributed by atoms with Crippen molar-refractivity contribution in [3.8, 4) is 6.07 Å². The Morgan fingerprint density at radius 2 is 2.05 bits per heavy atom. The molecule has 1 aromatic carbocycles. The first-order chi connectivity index (χ1) is 9.02. The molecule has 1 fully saturated rings. The van der Waals surface area contributed by atoms with Gasteiger partial charge in [0.05, 0.1) is 17.2 Å². The van der Waals surface area contributed by atoms with Gasteiger partial charge in [0, 0.05) is 13.1 Å². The summed E-state index contributed by atoms with van der Waals surface area (Å²) in [5.74, 6) is 0. The summed E-state index contributed by atoms with van der Waals surface area (Å²) in [5.41, 5.74) is 2.58. The molecule has 2 rings (SSSR count). The average molecular weight is 258 g/mol. The lowest BCUT2D eigenvalue weighted by Gasteiger charge is -2.29. The third kappa shape index (κ3) is 3.56. The van der Waals surface area contributed by atoms with Crippen LogP contribution >= 0.6 is 0 Å². The van der Waals surface area contributed by atoms with E-state index in [9.17, 15) is 5.11 Å². The van der Waals surface area contributed by atoms with Crippen LogP contribution in [0.4, 0.5) is 0 Å². The first kappa shape index (κ1) is 14.0. The van der Waals surface area contributed by atoms with Gasteiger partial charge in [-0.2, -0.15) is 5.26 Å². The second kappa shape index (κ2) is 5.73. The fourth-order valence-electron chi connectivity index (χ4n) is 2.98. The normalized spacial score (nSPS) is 17.6. The number of aryl methyl sites for hydroxylation is 1. The quantitative estimate of drug-likeness (QED) is 0.903. The molecular weight excluding hydrogens is 236 g/mol. The van der Waals surface area contributed by atoms with E-state index in [1.165, 1.54) is 5.56 Å². The van der Waals surface area contributed by atoms with E-state index in [0.717, 1.165) is 44.3 Å². The van der Waals surface area contributed by atoms with Gasteiger partial charge in [0.25, 0.3) is 0 Å². The summed E-state index contributed by atoms with van der Waals surface area (Å²) in [6.45, 7) is 3.58. The molecular formula is C16H22N2O. The largest absolute Gasteiger partial charge is 0.389 e. The minimum Gasteiger partial charge on any atom is -0.389 e. The van der Waals surface area contributed by atoms with Crippen LogP contribution in [0.5, 0.6) is 0 Å². The summed E-state index contributed by atoms with van der Waals surface area (Å²) in [6, 6.07) is 7.96. The molecule has 1 N–H and O–H groups in total. The molecule has 19 heavy (non-hydrogen) atoms. The highest BCUT2D eigenvalue weighted by atomic mass is 16.3. The van der Waals surface area contributed by atoms with Crippen LogP contribution in [0.1, 0.15) is 42.4 Å². The standard InChI is InChI=1S/C16H22N2O/c1-13-9-14(10-17)5-6-15(13)11-18(2)12-16(19)7-3-4-8-16/h5-6,9,19H,3-4,7-8,11-12H2,1-2H3. The van der Waals surface area contributed by atoms with Gasteiger partial charge in [-0.15, -0.1) is 0 Å².